The molecule has 1 fully saturated rings. The van der Waals surface area contributed by atoms with Crippen molar-refractivity contribution in [1.82, 2.24) is 4.90 Å². The standard InChI is InChI=1S/C9H19N/c1-4-5-6-10-7-9(2,3)8-10/h4-8H2,1-3H3. The molecule has 0 aromatic rings. The van der Waals surface area contributed by atoms with E-state index in [1.54, 1.807) is 0 Å². The molecular weight excluding hydrogens is 122 g/mol. The van der Waals surface area contributed by atoms with E-state index in [0.29, 0.717) is 5.41 Å². The average molecular weight is 141 g/mol. The van der Waals surface area contributed by atoms with Crippen LogP contribution in [0.15, 0.2) is 0 Å². The second kappa shape index (κ2) is 2.91. The molecule has 10 heavy (non-hydrogen) atoms. The van der Waals surface area contributed by atoms with Gasteiger partial charge in [0, 0.05) is 13.1 Å². The molecule has 0 amide bonds. The fraction of sp³-hybridized carbons (Fsp3) is 1.00. The number of hydrogen-bond donors (Lipinski definition) is 0. The van der Waals surface area contributed by atoms with E-state index in [1.165, 1.54) is 32.5 Å². The van der Waals surface area contributed by atoms with Crippen molar-refractivity contribution >= 4 is 0 Å². The van der Waals surface area contributed by atoms with Crippen LogP contribution in [0.2, 0.25) is 0 Å². The lowest BCUT2D eigenvalue weighted by Gasteiger charge is -2.46. The lowest BCUT2D eigenvalue weighted by molar-refractivity contribution is 0.0304. The van der Waals surface area contributed by atoms with Crippen LogP contribution in [-0.4, -0.2) is 24.5 Å². The summed E-state index contributed by atoms with van der Waals surface area (Å²) in [6.45, 7) is 10.9. The summed E-state index contributed by atoms with van der Waals surface area (Å²) < 4.78 is 0. The summed E-state index contributed by atoms with van der Waals surface area (Å²) in [5.74, 6) is 0. The van der Waals surface area contributed by atoms with E-state index >= 15 is 0 Å². The van der Waals surface area contributed by atoms with E-state index in [9.17, 15) is 0 Å². The quantitative estimate of drug-likeness (QED) is 0.582. The number of likely N-dealkylation sites (tertiary alicyclic amines) is 1. The van der Waals surface area contributed by atoms with Crippen LogP contribution in [0.25, 0.3) is 0 Å². The van der Waals surface area contributed by atoms with Gasteiger partial charge in [0.15, 0.2) is 0 Å². The normalized spacial score (nSPS) is 24.3. The molecule has 0 aromatic carbocycles. The molecule has 0 bridgehead atoms. The Morgan fingerprint density at radius 3 is 2.30 bits per heavy atom. The van der Waals surface area contributed by atoms with E-state index in [4.69, 9.17) is 0 Å². The molecule has 1 heteroatoms. The number of unbranched alkanes of at least 4 members (excludes halogenated alkanes) is 1. The molecule has 0 aromatic heterocycles. The van der Waals surface area contributed by atoms with Crippen molar-refractivity contribution < 1.29 is 0 Å². The van der Waals surface area contributed by atoms with Crippen molar-refractivity contribution in [2.24, 2.45) is 5.41 Å². The highest BCUT2D eigenvalue weighted by atomic mass is 15.2. The van der Waals surface area contributed by atoms with Crippen LogP contribution in [0, 0.1) is 5.41 Å². The number of rotatable bonds is 3. The summed E-state index contributed by atoms with van der Waals surface area (Å²) in [5, 5.41) is 0. The first-order chi connectivity index (χ1) is 4.64. The fourth-order valence-corrected chi connectivity index (χ4v) is 1.70. The molecule has 1 nitrogen and oxygen atoms in total. The Kier molecular flexibility index (Phi) is 2.35. The molecule has 0 N–H and O–H groups in total. The van der Waals surface area contributed by atoms with Gasteiger partial charge in [-0.2, -0.15) is 0 Å². The predicted octanol–water partition coefficient (Wildman–Crippen LogP) is 2.13. The first-order valence-corrected chi connectivity index (χ1v) is 4.36. The molecule has 0 spiro atoms. The second-order valence-electron chi connectivity index (χ2n) is 4.23. The monoisotopic (exact) mass is 141 g/mol. The maximum atomic E-state index is 2.55. The third-order valence-electron chi connectivity index (χ3n) is 2.13. The van der Waals surface area contributed by atoms with Crippen molar-refractivity contribution in [1.29, 1.82) is 0 Å². The van der Waals surface area contributed by atoms with Gasteiger partial charge in [-0.3, -0.25) is 0 Å². The van der Waals surface area contributed by atoms with Crippen LogP contribution in [-0.2, 0) is 0 Å². The van der Waals surface area contributed by atoms with Gasteiger partial charge in [0.1, 0.15) is 0 Å². The molecule has 1 aliphatic heterocycles. The Balaban J connectivity index is 2.03. The lowest BCUT2D eigenvalue weighted by Crippen LogP contribution is -2.52. The van der Waals surface area contributed by atoms with Gasteiger partial charge in [0.05, 0.1) is 0 Å². The van der Waals surface area contributed by atoms with Gasteiger partial charge in [-0.05, 0) is 18.4 Å². The molecule has 0 aliphatic carbocycles. The maximum absolute atomic E-state index is 2.55. The summed E-state index contributed by atoms with van der Waals surface area (Å²) in [4.78, 5) is 2.55. The third-order valence-corrected chi connectivity index (χ3v) is 2.13. The molecular formula is C9H19N. The van der Waals surface area contributed by atoms with Crippen molar-refractivity contribution in [2.75, 3.05) is 19.6 Å². The molecule has 0 atom stereocenters. The summed E-state index contributed by atoms with van der Waals surface area (Å²) in [6, 6.07) is 0. The van der Waals surface area contributed by atoms with E-state index in [0.717, 1.165) is 0 Å². The molecule has 60 valence electrons. The Morgan fingerprint density at radius 2 is 1.90 bits per heavy atom. The number of nitrogens with zero attached hydrogens (tertiary/aromatic N) is 1. The molecule has 1 heterocycles. The number of hydrogen-bond acceptors (Lipinski definition) is 1. The Hall–Kier alpha value is -0.0400. The van der Waals surface area contributed by atoms with Crippen LogP contribution in [0.3, 0.4) is 0 Å². The van der Waals surface area contributed by atoms with Gasteiger partial charge in [0.2, 0.25) is 0 Å². The van der Waals surface area contributed by atoms with Crippen LogP contribution < -0.4 is 0 Å². The van der Waals surface area contributed by atoms with Crippen LogP contribution in [0.5, 0.6) is 0 Å². The summed E-state index contributed by atoms with van der Waals surface area (Å²) in [5.41, 5.74) is 0.619. The van der Waals surface area contributed by atoms with E-state index in [1.807, 2.05) is 0 Å². The Morgan fingerprint density at radius 1 is 1.30 bits per heavy atom. The third kappa shape index (κ3) is 1.98. The van der Waals surface area contributed by atoms with Crippen molar-refractivity contribution in [3.05, 3.63) is 0 Å². The zero-order valence-corrected chi connectivity index (χ0v) is 7.48. The Labute approximate surface area is 64.4 Å². The second-order valence-corrected chi connectivity index (χ2v) is 4.23. The first-order valence-electron chi connectivity index (χ1n) is 4.36. The smallest absolute Gasteiger partial charge is 0.00452 e. The molecule has 1 saturated heterocycles. The summed E-state index contributed by atoms with van der Waals surface area (Å²) in [7, 11) is 0. The zero-order chi connectivity index (χ0) is 7.61. The SMILES string of the molecule is CCCCN1CC(C)(C)C1. The van der Waals surface area contributed by atoms with Crippen LogP contribution in [0.4, 0.5) is 0 Å². The summed E-state index contributed by atoms with van der Waals surface area (Å²) in [6.07, 6.45) is 2.70. The Bertz CT molecular complexity index is 99.3. The lowest BCUT2D eigenvalue weighted by atomic mass is 9.84. The minimum Gasteiger partial charge on any atom is -0.302 e. The minimum absolute atomic E-state index is 0.619. The van der Waals surface area contributed by atoms with Gasteiger partial charge < -0.3 is 4.90 Å². The van der Waals surface area contributed by atoms with Gasteiger partial charge in [-0.15, -0.1) is 0 Å². The average Bonchev–Trinajstić information content (AvgIpc) is 1.78. The van der Waals surface area contributed by atoms with Gasteiger partial charge in [0.25, 0.3) is 0 Å². The summed E-state index contributed by atoms with van der Waals surface area (Å²) >= 11 is 0. The van der Waals surface area contributed by atoms with Crippen molar-refractivity contribution in [2.45, 2.75) is 33.6 Å². The predicted molar refractivity (Wildman–Crippen MR) is 45.1 cm³/mol. The highest BCUT2D eigenvalue weighted by Gasteiger charge is 2.32. The molecule has 0 radical (unpaired) electrons. The highest BCUT2D eigenvalue weighted by molar-refractivity contribution is 4.86. The van der Waals surface area contributed by atoms with Crippen LogP contribution in [0.1, 0.15) is 33.6 Å². The van der Waals surface area contributed by atoms with Gasteiger partial charge >= 0.3 is 0 Å². The van der Waals surface area contributed by atoms with E-state index < -0.39 is 0 Å². The van der Waals surface area contributed by atoms with E-state index in [-0.39, 0.29) is 0 Å². The van der Waals surface area contributed by atoms with Crippen molar-refractivity contribution in [3.63, 3.8) is 0 Å². The van der Waals surface area contributed by atoms with Crippen molar-refractivity contribution in [3.8, 4) is 0 Å². The maximum Gasteiger partial charge on any atom is 0.00452 e. The van der Waals surface area contributed by atoms with Gasteiger partial charge in [-0.25, -0.2) is 0 Å². The van der Waals surface area contributed by atoms with E-state index in [2.05, 4.69) is 25.7 Å². The van der Waals surface area contributed by atoms with Crippen LogP contribution >= 0.6 is 0 Å². The molecule has 1 rings (SSSR count). The van der Waals surface area contributed by atoms with Gasteiger partial charge in [-0.1, -0.05) is 27.2 Å². The molecule has 1 aliphatic rings. The molecule has 0 unspecified atom stereocenters. The highest BCUT2D eigenvalue weighted by Crippen LogP contribution is 2.28. The topological polar surface area (TPSA) is 3.24 Å². The first kappa shape index (κ1) is 8.06. The molecule has 0 saturated carbocycles. The largest absolute Gasteiger partial charge is 0.302 e. The fourth-order valence-electron chi connectivity index (χ4n) is 1.70. The zero-order valence-electron chi connectivity index (χ0n) is 7.48. The minimum atomic E-state index is 0.619.